The molecule has 0 spiro atoms. The van der Waals surface area contributed by atoms with Gasteiger partial charge in [-0.2, -0.15) is 0 Å². The van der Waals surface area contributed by atoms with Gasteiger partial charge in [0.2, 0.25) is 0 Å². The molecule has 1 aromatic carbocycles. The summed E-state index contributed by atoms with van der Waals surface area (Å²) in [7, 11) is 1.53. The summed E-state index contributed by atoms with van der Waals surface area (Å²) in [6.07, 6.45) is 1.71. The summed E-state index contributed by atoms with van der Waals surface area (Å²) in [5, 5.41) is 0. The highest BCUT2D eigenvalue weighted by Crippen LogP contribution is 2.28. The van der Waals surface area contributed by atoms with Crippen molar-refractivity contribution in [3.8, 4) is 16.9 Å². The van der Waals surface area contributed by atoms with Crippen molar-refractivity contribution in [2.75, 3.05) is 38.3 Å². The first-order valence-electron chi connectivity index (χ1n) is 6.90. The zero-order valence-corrected chi connectivity index (χ0v) is 11.9. The lowest BCUT2D eigenvalue weighted by Crippen LogP contribution is -2.36. The number of hydrogen-bond donors (Lipinski definition) is 0. The molecular weight excluding hydrogens is 271 g/mol. The third-order valence-electron chi connectivity index (χ3n) is 3.57. The molecule has 0 radical (unpaired) electrons. The number of benzene rings is 1. The van der Waals surface area contributed by atoms with Gasteiger partial charge in [-0.15, -0.1) is 0 Å². The molecule has 1 saturated heterocycles. The number of morpholine rings is 1. The molecule has 4 nitrogen and oxygen atoms in total. The lowest BCUT2D eigenvalue weighted by atomic mass is 10.1. The van der Waals surface area contributed by atoms with E-state index >= 15 is 0 Å². The van der Waals surface area contributed by atoms with Crippen LogP contribution in [0.3, 0.4) is 0 Å². The van der Waals surface area contributed by atoms with E-state index in [1.165, 1.54) is 13.2 Å². The maximum atomic E-state index is 14.2. The topological polar surface area (TPSA) is 34.6 Å². The molecule has 1 aromatic heterocycles. The molecule has 0 saturated carbocycles. The lowest BCUT2D eigenvalue weighted by Gasteiger charge is -2.28. The van der Waals surface area contributed by atoms with Crippen LogP contribution in [-0.4, -0.2) is 38.4 Å². The number of ether oxygens (including phenoxy) is 2. The minimum atomic E-state index is -0.298. The molecule has 2 aromatic rings. The minimum absolute atomic E-state index is 0.298. The highest BCUT2D eigenvalue weighted by atomic mass is 19.1. The number of rotatable bonds is 3. The molecule has 0 bridgehead atoms. The molecule has 1 fully saturated rings. The Kier molecular flexibility index (Phi) is 4.01. The summed E-state index contributed by atoms with van der Waals surface area (Å²) in [6.45, 7) is 3.01. The first kappa shape index (κ1) is 13.8. The van der Waals surface area contributed by atoms with Crippen molar-refractivity contribution in [1.82, 2.24) is 4.98 Å². The quantitative estimate of drug-likeness (QED) is 0.870. The average molecular weight is 288 g/mol. The van der Waals surface area contributed by atoms with Gasteiger partial charge in [0, 0.05) is 30.9 Å². The van der Waals surface area contributed by atoms with Crippen LogP contribution in [-0.2, 0) is 4.74 Å². The second kappa shape index (κ2) is 6.10. The van der Waals surface area contributed by atoms with Crippen molar-refractivity contribution < 1.29 is 13.9 Å². The SMILES string of the molecule is COc1ccc(-c2ccnc(N3CCOCC3)c2)c(F)c1. The second-order valence-electron chi connectivity index (χ2n) is 4.85. The van der Waals surface area contributed by atoms with Crippen LogP contribution in [0.15, 0.2) is 36.5 Å². The van der Waals surface area contributed by atoms with Gasteiger partial charge in [0.05, 0.1) is 20.3 Å². The third kappa shape index (κ3) is 2.97. The number of nitrogens with zero attached hydrogens (tertiary/aromatic N) is 2. The maximum Gasteiger partial charge on any atom is 0.134 e. The smallest absolute Gasteiger partial charge is 0.134 e. The van der Waals surface area contributed by atoms with Crippen LogP contribution < -0.4 is 9.64 Å². The predicted molar refractivity (Wildman–Crippen MR) is 79.2 cm³/mol. The van der Waals surface area contributed by atoms with E-state index < -0.39 is 0 Å². The molecule has 110 valence electrons. The fraction of sp³-hybridized carbons (Fsp3) is 0.312. The van der Waals surface area contributed by atoms with E-state index in [1.807, 2.05) is 12.1 Å². The Balaban J connectivity index is 1.92. The normalized spacial score (nSPS) is 15.0. The van der Waals surface area contributed by atoms with Gasteiger partial charge in [0.15, 0.2) is 0 Å². The Hall–Kier alpha value is -2.14. The zero-order chi connectivity index (χ0) is 14.7. The molecule has 0 N–H and O–H groups in total. The van der Waals surface area contributed by atoms with E-state index in [-0.39, 0.29) is 5.82 Å². The number of aromatic nitrogens is 1. The number of methoxy groups -OCH3 is 1. The molecule has 21 heavy (non-hydrogen) atoms. The number of hydrogen-bond acceptors (Lipinski definition) is 4. The maximum absolute atomic E-state index is 14.2. The Morgan fingerprint density at radius 2 is 2.00 bits per heavy atom. The lowest BCUT2D eigenvalue weighted by molar-refractivity contribution is 0.122. The van der Waals surface area contributed by atoms with Gasteiger partial charge in [-0.05, 0) is 29.8 Å². The average Bonchev–Trinajstić information content (AvgIpc) is 2.55. The number of halogens is 1. The Morgan fingerprint density at radius 3 is 2.71 bits per heavy atom. The first-order chi connectivity index (χ1) is 10.3. The van der Waals surface area contributed by atoms with Crippen LogP contribution in [0.1, 0.15) is 0 Å². The summed E-state index contributed by atoms with van der Waals surface area (Å²) in [4.78, 5) is 6.52. The number of anilines is 1. The summed E-state index contributed by atoms with van der Waals surface area (Å²) in [5.74, 6) is 1.07. The van der Waals surface area contributed by atoms with Crippen LogP contribution in [0, 0.1) is 5.82 Å². The highest BCUT2D eigenvalue weighted by Gasteiger charge is 2.14. The molecule has 0 aliphatic carbocycles. The fourth-order valence-corrected chi connectivity index (χ4v) is 2.41. The highest BCUT2D eigenvalue weighted by molar-refractivity contribution is 5.68. The van der Waals surface area contributed by atoms with Crippen LogP contribution in [0.25, 0.3) is 11.1 Å². The summed E-state index contributed by atoms with van der Waals surface area (Å²) in [5.41, 5.74) is 1.36. The fourth-order valence-electron chi connectivity index (χ4n) is 2.41. The standard InChI is InChI=1S/C16H17FN2O2/c1-20-13-2-3-14(15(17)11-13)12-4-5-18-16(10-12)19-6-8-21-9-7-19/h2-5,10-11H,6-9H2,1H3. The second-order valence-corrected chi connectivity index (χ2v) is 4.85. The van der Waals surface area contributed by atoms with Crippen LogP contribution >= 0.6 is 0 Å². The van der Waals surface area contributed by atoms with E-state index in [2.05, 4.69) is 9.88 Å². The zero-order valence-electron chi connectivity index (χ0n) is 11.9. The largest absolute Gasteiger partial charge is 0.497 e. The number of pyridine rings is 1. The molecule has 0 unspecified atom stereocenters. The summed E-state index contributed by atoms with van der Waals surface area (Å²) < 4.78 is 24.5. The molecule has 5 heteroatoms. The van der Waals surface area contributed by atoms with E-state index in [4.69, 9.17) is 9.47 Å². The van der Waals surface area contributed by atoms with Crippen molar-refractivity contribution in [1.29, 1.82) is 0 Å². The van der Waals surface area contributed by atoms with Gasteiger partial charge in [-0.3, -0.25) is 0 Å². The van der Waals surface area contributed by atoms with E-state index in [1.54, 1.807) is 18.3 Å². The molecular formula is C16H17FN2O2. The van der Waals surface area contributed by atoms with Gasteiger partial charge >= 0.3 is 0 Å². The Labute approximate surface area is 123 Å². The van der Waals surface area contributed by atoms with E-state index in [9.17, 15) is 4.39 Å². The van der Waals surface area contributed by atoms with Crippen molar-refractivity contribution in [2.45, 2.75) is 0 Å². The van der Waals surface area contributed by atoms with Gasteiger partial charge < -0.3 is 14.4 Å². The van der Waals surface area contributed by atoms with Crippen molar-refractivity contribution in [3.63, 3.8) is 0 Å². The van der Waals surface area contributed by atoms with Gasteiger partial charge in [0.1, 0.15) is 17.4 Å². The Morgan fingerprint density at radius 1 is 1.19 bits per heavy atom. The van der Waals surface area contributed by atoms with Gasteiger partial charge in [0.25, 0.3) is 0 Å². The molecule has 3 rings (SSSR count). The van der Waals surface area contributed by atoms with Crippen molar-refractivity contribution >= 4 is 5.82 Å². The molecule has 1 aliphatic rings. The van der Waals surface area contributed by atoms with E-state index in [0.29, 0.717) is 24.5 Å². The van der Waals surface area contributed by atoms with Crippen molar-refractivity contribution in [2.24, 2.45) is 0 Å². The summed E-state index contributed by atoms with van der Waals surface area (Å²) >= 11 is 0. The molecule has 2 heterocycles. The van der Waals surface area contributed by atoms with Crippen LogP contribution in [0.4, 0.5) is 10.2 Å². The molecule has 0 atom stereocenters. The third-order valence-corrected chi connectivity index (χ3v) is 3.57. The first-order valence-corrected chi connectivity index (χ1v) is 6.90. The van der Waals surface area contributed by atoms with E-state index in [0.717, 1.165) is 24.5 Å². The van der Waals surface area contributed by atoms with Crippen LogP contribution in [0.2, 0.25) is 0 Å². The van der Waals surface area contributed by atoms with Crippen molar-refractivity contribution in [3.05, 3.63) is 42.3 Å². The summed E-state index contributed by atoms with van der Waals surface area (Å²) in [6, 6.07) is 8.61. The molecule has 1 aliphatic heterocycles. The minimum Gasteiger partial charge on any atom is -0.497 e. The monoisotopic (exact) mass is 288 g/mol. The predicted octanol–water partition coefficient (Wildman–Crippen LogP) is 2.73. The van der Waals surface area contributed by atoms with Crippen LogP contribution in [0.5, 0.6) is 5.75 Å². The molecule has 0 amide bonds. The van der Waals surface area contributed by atoms with Gasteiger partial charge in [-0.25, -0.2) is 9.37 Å². The Bertz CT molecular complexity index is 627. The van der Waals surface area contributed by atoms with Gasteiger partial charge in [-0.1, -0.05) is 0 Å².